The number of nitrogens with zero attached hydrogens (tertiary/aromatic N) is 1. The highest BCUT2D eigenvalue weighted by atomic mass is 19.1. The first-order valence-corrected chi connectivity index (χ1v) is 2.32. The monoisotopic (exact) mass is 129 g/mol. The van der Waals surface area contributed by atoms with Crippen molar-refractivity contribution in [1.29, 1.82) is 0 Å². The maximum Gasteiger partial charge on any atom is 0.192 e. The van der Waals surface area contributed by atoms with Gasteiger partial charge in [-0.25, -0.2) is 9.37 Å². The second-order valence-electron chi connectivity index (χ2n) is 1.41. The molecule has 1 aromatic heterocycles. The SMILES string of the molecule is O=Cc1ocnc1CF. The van der Waals surface area contributed by atoms with Crippen LogP contribution >= 0.6 is 0 Å². The molecule has 0 fully saturated rings. The number of rotatable bonds is 2. The first-order valence-electron chi connectivity index (χ1n) is 2.32. The molecule has 0 bridgehead atoms. The number of carbonyl (C=O) groups is 1. The van der Waals surface area contributed by atoms with E-state index in [1.165, 1.54) is 0 Å². The molecule has 9 heavy (non-hydrogen) atoms. The highest BCUT2D eigenvalue weighted by molar-refractivity contribution is 5.71. The standard InChI is InChI=1S/C5H4FNO2/c6-1-4-5(2-8)9-3-7-4/h2-3H,1H2. The molecule has 48 valence electrons. The van der Waals surface area contributed by atoms with Gasteiger partial charge in [0.1, 0.15) is 12.4 Å². The van der Waals surface area contributed by atoms with Crippen molar-refractivity contribution >= 4 is 6.29 Å². The van der Waals surface area contributed by atoms with E-state index in [-0.39, 0.29) is 11.5 Å². The molecule has 0 unspecified atom stereocenters. The third-order valence-electron chi connectivity index (χ3n) is 0.906. The Hall–Kier alpha value is -1.19. The number of aldehydes is 1. The third-order valence-corrected chi connectivity index (χ3v) is 0.906. The van der Waals surface area contributed by atoms with Crippen molar-refractivity contribution in [3.63, 3.8) is 0 Å². The van der Waals surface area contributed by atoms with Crippen LogP contribution in [-0.4, -0.2) is 11.3 Å². The van der Waals surface area contributed by atoms with Gasteiger partial charge >= 0.3 is 0 Å². The average Bonchev–Trinajstić information content (AvgIpc) is 2.33. The van der Waals surface area contributed by atoms with Crippen LogP contribution in [-0.2, 0) is 6.67 Å². The molecular weight excluding hydrogens is 125 g/mol. The number of oxazole rings is 1. The van der Waals surface area contributed by atoms with E-state index >= 15 is 0 Å². The van der Waals surface area contributed by atoms with Gasteiger partial charge in [0.25, 0.3) is 0 Å². The van der Waals surface area contributed by atoms with Crippen molar-refractivity contribution < 1.29 is 13.6 Å². The summed E-state index contributed by atoms with van der Waals surface area (Å²) in [5.41, 5.74) is 0.0602. The number of carbonyl (C=O) groups excluding carboxylic acids is 1. The lowest BCUT2D eigenvalue weighted by atomic mass is 10.4. The van der Waals surface area contributed by atoms with Gasteiger partial charge in [-0.2, -0.15) is 0 Å². The third kappa shape index (κ3) is 0.960. The van der Waals surface area contributed by atoms with Crippen molar-refractivity contribution in [1.82, 2.24) is 4.98 Å². The van der Waals surface area contributed by atoms with Crippen molar-refractivity contribution in [2.24, 2.45) is 0 Å². The van der Waals surface area contributed by atoms with E-state index in [0.717, 1.165) is 6.39 Å². The van der Waals surface area contributed by atoms with Crippen molar-refractivity contribution in [2.45, 2.75) is 6.67 Å². The van der Waals surface area contributed by atoms with Crippen LogP contribution in [0.3, 0.4) is 0 Å². The fraction of sp³-hybridized carbons (Fsp3) is 0.200. The number of hydrogen-bond donors (Lipinski definition) is 0. The Morgan fingerprint density at radius 2 is 2.67 bits per heavy atom. The van der Waals surface area contributed by atoms with E-state index in [1.807, 2.05) is 0 Å². The van der Waals surface area contributed by atoms with E-state index in [0.29, 0.717) is 6.29 Å². The van der Waals surface area contributed by atoms with Crippen LogP contribution in [0.2, 0.25) is 0 Å². The Morgan fingerprint density at radius 1 is 1.89 bits per heavy atom. The van der Waals surface area contributed by atoms with Crippen LogP contribution in [0.5, 0.6) is 0 Å². The largest absolute Gasteiger partial charge is 0.440 e. The summed E-state index contributed by atoms with van der Waals surface area (Å²) in [6.07, 6.45) is 1.47. The zero-order valence-electron chi connectivity index (χ0n) is 4.50. The smallest absolute Gasteiger partial charge is 0.192 e. The maximum atomic E-state index is 11.7. The molecule has 0 N–H and O–H groups in total. The number of hydrogen-bond acceptors (Lipinski definition) is 3. The molecule has 0 spiro atoms. The molecular formula is C5H4FNO2. The lowest BCUT2D eigenvalue weighted by Gasteiger charge is -1.80. The summed E-state index contributed by atoms with van der Waals surface area (Å²) in [6, 6.07) is 0. The Bertz CT molecular complexity index is 208. The molecule has 1 heterocycles. The Balaban J connectivity index is 2.98. The predicted molar refractivity (Wildman–Crippen MR) is 26.7 cm³/mol. The molecule has 4 heteroatoms. The van der Waals surface area contributed by atoms with Gasteiger partial charge in [0.2, 0.25) is 0 Å². The molecule has 0 saturated carbocycles. The molecule has 0 aliphatic rings. The molecule has 0 amide bonds. The zero-order valence-corrected chi connectivity index (χ0v) is 4.50. The maximum absolute atomic E-state index is 11.7. The second-order valence-corrected chi connectivity index (χ2v) is 1.41. The topological polar surface area (TPSA) is 43.1 Å². The summed E-state index contributed by atoms with van der Waals surface area (Å²) in [6.45, 7) is -0.759. The van der Waals surface area contributed by atoms with Crippen LogP contribution in [0.15, 0.2) is 10.8 Å². The van der Waals surface area contributed by atoms with Crippen molar-refractivity contribution in [3.8, 4) is 0 Å². The Kier molecular flexibility index (Phi) is 1.58. The Morgan fingerprint density at radius 3 is 3.11 bits per heavy atom. The molecule has 0 aliphatic heterocycles. The summed E-state index contributed by atoms with van der Waals surface area (Å²) in [7, 11) is 0. The molecule has 3 nitrogen and oxygen atoms in total. The summed E-state index contributed by atoms with van der Waals surface area (Å²) < 4.78 is 16.2. The minimum Gasteiger partial charge on any atom is -0.440 e. The number of alkyl halides is 1. The van der Waals surface area contributed by atoms with Crippen molar-refractivity contribution in [2.75, 3.05) is 0 Å². The lowest BCUT2D eigenvalue weighted by molar-refractivity contribution is 0.109. The Labute approximate surface area is 50.5 Å². The summed E-state index contributed by atoms with van der Waals surface area (Å²) in [4.78, 5) is 13.4. The van der Waals surface area contributed by atoms with Crippen LogP contribution in [0, 0.1) is 0 Å². The van der Waals surface area contributed by atoms with Gasteiger partial charge in [-0.05, 0) is 0 Å². The molecule has 0 atom stereocenters. The van der Waals surface area contributed by atoms with Crippen LogP contribution in [0.1, 0.15) is 16.2 Å². The van der Waals surface area contributed by atoms with Gasteiger partial charge < -0.3 is 4.42 Å². The molecule has 0 radical (unpaired) electrons. The first-order chi connectivity index (χ1) is 4.38. The van der Waals surface area contributed by atoms with Crippen LogP contribution in [0.4, 0.5) is 4.39 Å². The number of halogens is 1. The van der Waals surface area contributed by atoms with Crippen LogP contribution in [0.25, 0.3) is 0 Å². The number of aromatic nitrogens is 1. The van der Waals surface area contributed by atoms with Gasteiger partial charge in [-0.15, -0.1) is 0 Å². The molecule has 0 aliphatic carbocycles. The van der Waals surface area contributed by atoms with Gasteiger partial charge in [0.15, 0.2) is 18.4 Å². The first kappa shape index (κ1) is 5.94. The van der Waals surface area contributed by atoms with Gasteiger partial charge in [0, 0.05) is 0 Å². The van der Waals surface area contributed by atoms with E-state index < -0.39 is 6.67 Å². The normalized spacial score (nSPS) is 9.44. The van der Waals surface area contributed by atoms with Gasteiger partial charge in [0.05, 0.1) is 0 Å². The minimum absolute atomic E-state index is 0.0301. The average molecular weight is 129 g/mol. The molecule has 0 saturated heterocycles. The zero-order chi connectivity index (χ0) is 6.69. The predicted octanol–water partition coefficient (Wildman–Crippen LogP) is 0.957. The summed E-state index contributed by atoms with van der Waals surface area (Å²) in [5.74, 6) is -0.0301. The molecule has 1 aromatic rings. The summed E-state index contributed by atoms with van der Waals surface area (Å²) in [5, 5.41) is 0. The fourth-order valence-corrected chi connectivity index (χ4v) is 0.475. The quantitative estimate of drug-likeness (QED) is 0.558. The van der Waals surface area contributed by atoms with Gasteiger partial charge in [-0.3, -0.25) is 4.79 Å². The lowest BCUT2D eigenvalue weighted by Crippen LogP contribution is -1.83. The minimum atomic E-state index is -0.759. The van der Waals surface area contributed by atoms with E-state index in [1.54, 1.807) is 0 Å². The summed E-state index contributed by atoms with van der Waals surface area (Å²) >= 11 is 0. The fourth-order valence-electron chi connectivity index (χ4n) is 0.475. The van der Waals surface area contributed by atoms with E-state index in [4.69, 9.17) is 0 Å². The molecule has 1 rings (SSSR count). The second kappa shape index (κ2) is 2.39. The highest BCUT2D eigenvalue weighted by Crippen LogP contribution is 2.03. The van der Waals surface area contributed by atoms with E-state index in [9.17, 15) is 9.18 Å². The molecule has 0 aromatic carbocycles. The van der Waals surface area contributed by atoms with Gasteiger partial charge in [-0.1, -0.05) is 0 Å². The van der Waals surface area contributed by atoms with Crippen molar-refractivity contribution in [3.05, 3.63) is 17.8 Å². The highest BCUT2D eigenvalue weighted by Gasteiger charge is 2.04. The van der Waals surface area contributed by atoms with Crippen LogP contribution < -0.4 is 0 Å². The van der Waals surface area contributed by atoms with E-state index in [2.05, 4.69) is 9.40 Å².